The summed E-state index contributed by atoms with van der Waals surface area (Å²) in [6, 6.07) is 1.99. The number of phenols is 1. The summed E-state index contributed by atoms with van der Waals surface area (Å²) in [4.78, 5) is 0. The molecule has 0 aromatic heterocycles. The number of phenolic OH excluding ortho intramolecular Hbond substituents is 1. The van der Waals surface area contributed by atoms with Crippen molar-refractivity contribution in [2.75, 3.05) is 0 Å². The van der Waals surface area contributed by atoms with Gasteiger partial charge in [0.2, 0.25) is 0 Å². The summed E-state index contributed by atoms with van der Waals surface area (Å²) in [5.74, 6) is 0.447. The molecule has 0 aliphatic heterocycles. The van der Waals surface area contributed by atoms with E-state index in [1.165, 1.54) is 15.6 Å². The summed E-state index contributed by atoms with van der Waals surface area (Å²) in [6.07, 6.45) is 3.32. The Morgan fingerprint density at radius 1 is 1.33 bits per heavy atom. The summed E-state index contributed by atoms with van der Waals surface area (Å²) in [6.45, 7) is 0. The van der Waals surface area contributed by atoms with Crippen molar-refractivity contribution in [3.63, 3.8) is 0 Å². The molecule has 1 aliphatic carbocycles. The van der Waals surface area contributed by atoms with Crippen LogP contribution in [0.3, 0.4) is 0 Å². The first-order valence-electron chi connectivity index (χ1n) is 3.89. The molecule has 1 nitrogen and oxygen atoms in total. The third-order valence-electron chi connectivity index (χ3n) is 2.27. The van der Waals surface area contributed by atoms with Crippen LogP contribution in [-0.2, 0) is 12.8 Å². The predicted molar refractivity (Wildman–Crippen MR) is 60.5 cm³/mol. The minimum atomic E-state index is 0.447. The molecule has 0 saturated carbocycles. The fourth-order valence-corrected chi connectivity index (χ4v) is 3.48. The Morgan fingerprint density at radius 3 is 2.75 bits per heavy atom. The summed E-state index contributed by atoms with van der Waals surface area (Å²) < 4.78 is 2.09. The summed E-state index contributed by atoms with van der Waals surface area (Å²) >= 11 is 5.67. The van der Waals surface area contributed by atoms with Crippen molar-refractivity contribution in [1.82, 2.24) is 0 Å². The van der Waals surface area contributed by atoms with Crippen LogP contribution in [0.2, 0.25) is 0 Å². The van der Waals surface area contributed by atoms with Crippen LogP contribution in [0.5, 0.6) is 5.75 Å². The second-order valence-corrected chi connectivity index (χ2v) is 5.02. The molecule has 0 radical (unpaired) electrons. The van der Waals surface area contributed by atoms with Crippen LogP contribution in [0, 0.1) is 3.57 Å². The van der Waals surface area contributed by atoms with Crippen LogP contribution in [0.4, 0.5) is 0 Å². The smallest absolute Gasteiger partial charge is 0.133 e. The fraction of sp³-hybridized carbons (Fsp3) is 0.333. The molecule has 0 fully saturated rings. The zero-order chi connectivity index (χ0) is 8.72. The molecule has 0 heterocycles. The van der Waals surface area contributed by atoms with Gasteiger partial charge in [-0.25, -0.2) is 0 Å². The number of rotatable bonds is 0. The van der Waals surface area contributed by atoms with E-state index in [9.17, 15) is 5.11 Å². The van der Waals surface area contributed by atoms with Crippen LogP contribution in [0.15, 0.2) is 10.5 Å². The van der Waals surface area contributed by atoms with Gasteiger partial charge >= 0.3 is 0 Å². The number of benzene rings is 1. The second-order valence-electron chi connectivity index (χ2n) is 3.00. The van der Waals surface area contributed by atoms with Gasteiger partial charge in [0.25, 0.3) is 0 Å². The Morgan fingerprint density at radius 2 is 2.00 bits per heavy atom. The highest BCUT2D eigenvalue weighted by molar-refractivity contribution is 14.1. The van der Waals surface area contributed by atoms with Gasteiger partial charge in [-0.3, -0.25) is 0 Å². The standard InChI is InChI=1S/C9H8BrIO/c10-7-4-8(11)5-2-1-3-6(5)9(7)12/h4,12H,1-3H2. The van der Waals surface area contributed by atoms with Crippen LogP contribution in [0.1, 0.15) is 17.5 Å². The largest absolute Gasteiger partial charge is 0.506 e. The van der Waals surface area contributed by atoms with E-state index in [2.05, 4.69) is 38.5 Å². The maximum atomic E-state index is 9.69. The molecular formula is C9H8BrIO. The average Bonchev–Trinajstić information content (AvgIpc) is 2.48. The lowest BCUT2D eigenvalue weighted by atomic mass is 10.1. The van der Waals surface area contributed by atoms with Gasteiger partial charge < -0.3 is 5.11 Å². The highest BCUT2D eigenvalue weighted by Crippen LogP contribution is 2.38. The number of halogens is 2. The maximum Gasteiger partial charge on any atom is 0.133 e. The molecule has 12 heavy (non-hydrogen) atoms. The van der Waals surface area contributed by atoms with Gasteiger partial charge in [0.1, 0.15) is 5.75 Å². The Balaban J connectivity index is 2.69. The molecule has 3 heteroatoms. The van der Waals surface area contributed by atoms with E-state index < -0.39 is 0 Å². The van der Waals surface area contributed by atoms with Crippen molar-refractivity contribution < 1.29 is 5.11 Å². The van der Waals surface area contributed by atoms with Crippen molar-refractivity contribution in [2.24, 2.45) is 0 Å². The maximum absolute atomic E-state index is 9.69. The van der Waals surface area contributed by atoms with E-state index in [1.54, 1.807) is 0 Å². The van der Waals surface area contributed by atoms with Gasteiger partial charge in [-0.05, 0) is 75.0 Å². The van der Waals surface area contributed by atoms with E-state index in [0.717, 1.165) is 22.9 Å². The van der Waals surface area contributed by atoms with Crippen molar-refractivity contribution in [3.8, 4) is 5.75 Å². The molecule has 0 bridgehead atoms. The molecule has 1 N–H and O–H groups in total. The normalized spacial score (nSPS) is 14.8. The predicted octanol–water partition coefficient (Wildman–Crippen LogP) is 3.25. The first-order valence-corrected chi connectivity index (χ1v) is 5.76. The molecule has 0 saturated heterocycles. The molecule has 0 atom stereocenters. The number of aromatic hydroxyl groups is 1. The van der Waals surface area contributed by atoms with Gasteiger partial charge in [0.05, 0.1) is 4.47 Å². The molecule has 0 amide bonds. The van der Waals surface area contributed by atoms with Crippen LogP contribution in [0.25, 0.3) is 0 Å². The van der Waals surface area contributed by atoms with Crippen molar-refractivity contribution >= 4 is 38.5 Å². The molecule has 64 valence electrons. The van der Waals surface area contributed by atoms with Crippen molar-refractivity contribution in [3.05, 3.63) is 25.2 Å². The van der Waals surface area contributed by atoms with E-state index in [4.69, 9.17) is 0 Å². The lowest BCUT2D eigenvalue weighted by Gasteiger charge is -2.06. The van der Waals surface area contributed by atoms with Crippen LogP contribution in [-0.4, -0.2) is 5.11 Å². The molecule has 0 unspecified atom stereocenters. The summed E-state index contributed by atoms with van der Waals surface area (Å²) in [5, 5.41) is 9.69. The Kier molecular flexibility index (Phi) is 2.33. The minimum absolute atomic E-state index is 0.447. The highest BCUT2D eigenvalue weighted by Gasteiger charge is 2.19. The summed E-state index contributed by atoms with van der Waals surface area (Å²) in [5.41, 5.74) is 2.49. The van der Waals surface area contributed by atoms with Crippen molar-refractivity contribution in [2.45, 2.75) is 19.3 Å². The molecular weight excluding hydrogens is 331 g/mol. The average molecular weight is 339 g/mol. The number of hydrogen-bond donors (Lipinski definition) is 1. The van der Waals surface area contributed by atoms with E-state index in [0.29, 0.717) is 5.75 Å². The first-order chi connectivity index (χ1) is 5.70. The Bertz CT molecular complexity index is 336. The van der Waals surface area contributed by atoms with E-state index in [-0.39, 0.29) is 0 Å². The third-order valence-corrected chi connectivity index (χ3v) is 3.84. The monoisotopic (exact) mass is 338 g/mol. The Hall–Kier alpha value is 0.230. The zero-order valence-corrected chi connectivity index (χ0v) is 10.1. The minimum Gasteiger partial charge on any atom is -0.506 e. The van der Waals surface area contributed by atoms with Gasteiger partial charge in [-0.1, -0.05) is 0 Å². The van der Waals surface area contributed by atoms with Gasteiger partial charge in [-0.15, -0.1) is 0 Å². The van der Waals surface area contributed by atoms with Crippen LogP contribution >= 0.6 is 38.5 Å². The quantitative estimate of drug-likeness (QED) is 0.720. The summed E-state index contributed by atoms with van der Waals surface area (Å²) in [7, 11) is 0. The van der Waals surface area contributed by atoms with Crippen molar-refractivity contribution in [1.29, 1.82) is 0 Å². The van der Waals surface area contributed by atoms with Crippen LogP contribution < -0.4 is 0 Å². The molecule has 1 aromatic carbocycles. The number of hydrogen-bond acceptors (Lipinski definition) is 1. The fourth-order valence-electron chi connectivity index (χ4n) is 1.68. The molecule has 1 aliphatic rings. The Labute approximate surface area is 93.4 Å². The van der Waals surface area contributed by atoms with Gasteiger partial charge in [0, 0.05) is 3.57 Å². The molecule has 0 spiro atoms. The molecule has 2 rings (SSSR count). The second kappa shape index (κ2) is 3.18. The van der Waals surface area contributed by atoms with Gasteiger partial charge in [0.15, 0.2) is 0 Å². The topological polar surface area (TPSA) is 20.2 Å². The SMILES string of the molecule is Oc1c(Br)cc(I)c2c1CCC2. The van der Waals surface area contributed by atoms with Gasteiger partial charge in [-0.2, -0.15) is 0 Å². The highest BCUT2D eigenvalue weighted by atomic mass is 127. The first kappa shape index (κ1) is 8.81. The molecule has 1 aromatic rings. The van der Waals surface area contributed by atoms with E-state index >= 15 is 0 Å². The van der Waals surface area contributed by atoms with E-state index in [1.807, 2.05) is 6.07 Å². The lowest BCUT2D eigenvalue weighted by Crippen LogP contribution is -1.88. The third kappa shape index (κ3) is 1.27. The number of fused-ring (bicyclic) bond motifs is 1. The zero-order valence-electron chi connectivity index (χ0n) is 6.40. The lowest BCUT2D eigenvalue weighted by molar-refractivity contribution is 0.465.